The number of amides is 8. The van der Waals surface area contributed by atoms with Crippen molar-refractivity contribution >= 4 is 47.3 Å². The van der Waals surface area contributed by atoms with E-state index in [1.165, 1.54) is 18.7 Å². The first-order valence-corrected chi connectivity index (χ1v) is 13.8. The Bertz CT molecular complexity index is 1020. The Balaban J connectivity index is 2.60. The average Bonchev–Trinajstić information content (AvgIpc) is 3.45. The normalized spacial score (nSPS) is 16.3. The van der Waals surface area contributed by atoms with E-state index in [0.29, 0.717) is 19.3 Å². The number of nitrogens with two attached hydrogens (primary N) is 2. The van der Waals surface area contributed by atoms with Crippen LogP contribution in [0.25, 0.3) is 0 Å². The molecule has 0 bridgehead atoms. The first-order valence-electron chi connectivity index (χ1n) is 13.8. The zero-order chi connectivity index (χ0) is 31.8. The fourth-order valence-electron chi connectivity index (χ4n) is 3.98. The topological polar surface area (TPSA) is 264 Å². The van der Waals surface area contributed by atoms with Gasteiger partial charge in [-0.3, -0.25) is 38.4 Å². The van der Waals surface area contributed by atoms with E-state index in [1.54, 1.807) is 0 Å². The van der Waals surface area contributed by atoms with Crippen LogP contribution in [0.4, 0.5) is 0 Å². The second-order valence-corrected chi connectivity index (χ2v) is 9.85. The summed E-state index contributed by atoms with van der Waals surface area (Å²) in [6.07, 6.45) is 2.52. The molecule has 1 aliphatic rings. The summed E-state index contributed by atoms with van der Waals surface area (Å²) in [6, 6.07) is -3.65. The third kappa shape index (κ3) is 12.5. The Hall–Kier alpha value is -4.28. The molecule has 0 unspecified atom stereocenters. The van der Waals surface area contributed by atoms with Crippen LogP contribution in [0.5, 0.6) is 0 Å². The summed E-state index contributed by atoms with van der Waals surface area (Å²) in [6.45, 7) is 3.44. The molecule has 17 nitrogen and oxygen atoms in total. The van der Waals surface area contributed by atoms with Crippen LogP contribution in [0.2, 0.25) is 0 Å². The van der Waals surface area contributed by atoms with Gasteiger partial charge in [-0.15, -0.1) is 0 Å². The molecule has 1 rings (SSSR count). The third-order valence-electron chi connectivity index (χ3n) is 6.39. The van der Waals surface area contributed by atoms with Gasteiger partial charge in [0, 0.05) is 6.54 Å². The van der Waals surface area contributed by atoms with E-state index in [0.717, 1.165) is 6.42 Å². The van der Waals surface area contributed by atoms with E-state index >= 15 is 0 Å². The lowest BCUT2D eigenvalue weighted by Crippen LogP contribution is -2.54. The average molecular weight is 598 g/mol. The number of nitrogens with one attached hydrogen (secondary N) is 6. The van der Waals surface area contributed by atoms with E-state index in [9.17, 15) is 38.4 Å². The maximum Gasteiger partial charge on any atom is 0.243 e. The van der Waals surface area contributed by atoms with Crippen molar-refractivity contribution < 1.29 is 38.4 Å². The Kier molecular flexibility index (Phi) is 15.5. The molecule has 1 fully saturated rings. The molecule has 0 aromatic carbocycles. The summed E-state index contributed by atoms with van der Waals surface area (Å²) in [5, 5.41) is 14.5. The summed E-state index contributed by atoms with van der Waals surface area (Å²) in [5.74, 6) is -4.83. The van der Waals surface area contributed by atoms with Crippen molar-refractivity contribution in [2.45, 2.75) is 77.0 Å². The van der Waals surface area contributed by atoms with Crippen LogP contribution in [-0.2, 0) is 38.4 Å². The van der Waals surface area contributed by atoms with Gasteiger partial charge in [0.2, 0.25) is 47.3 Å². The van der Waals surface area contributed by atoms with Gasteiger partial charge < -0.3 is 48.3 Å². The molecule has 1 aliphatic heterocycles. The van der Waals surface area contributed by atoms with Crippen LogP contribution in [0.3, 0.4) is 0 Å². The van der Waals surface area contributed by atoms with Crippen LogP contribution in [0.1, 0.15) is 52.9 Å². The highest BCUT2D eigenvalue weighted by Crippen LogP contribution is 2.17. The molecule has 1 heterocycles. The maximum absolute atomic E-state index is 12.8. The minimum atomic E-state index is -0.971. The third-order valence-corrected chi connectivity index (χ3v) is 6.39. The number of carbonyl (C=O) groups is 8. The first-order chi connectivity index (χ1) is 19.8. The Morgan fingerprint density at radius 3 is 2.02 bits per heavy atom. The monoisotopic (exact) mass is 597 g/mol. The smallest absolute Gasteiger partial charge is 0.243 e. The molecule has 0 spiro atoms. The molecule has 4 atom stereocenters. The molecule has 0 aliphatic carbocycles. The van der Waals surface area contributed by atoms with Gasteiger partial charge in [-0.25, -0.2) is 0 Å². The fourth-order valence-corrected chi connectivity index (χ4v) is 3.98. The van der Waals surface area contributed by atoms with Crippen LogP contribution < -0.4 is 43.4 Å². The molecule has 236 valence electrons. The van der Waals surface area contributed by atoms with Crippen molar-refractivity contribution in [1.82, 2.24) is 36.8 Å². The second-order valence-electron chi connectivity index (χ2n) is 9.85. The highest BCUT2D eigenvalue weighted by atomic mass is 16.2. The van der Waals surface area contributed by atoms with Crippen LogP contribution >= 0.6 is 0 Å². The molecular formula is C25H43N9O8. The van der Waals surface area contributed by atoms with Gasteiger partial charge in [0.25, 0.3) is 0 Å². The lowest BCUT2D eigenvalue weighted by atomic mass is 10.1. The van der Waals surface area contributed by atoms with Gasteiger partial charge >= 0.3 is 0 Å². The lowest BCUT2D eigenvalue weighted by molar-refractivity contribution is -0.139. The zero-order valence-corrected chi connectivity index (χ0v) is 24.2. The molecule has 0 aromatic heterocycles. The van der Waals surface area contributed by atoms with Gasteiger partial charge in [-0.1, -0.05) is 19.8 Å². The first kappa shape index (κ1) is 35.7. The number of carbonyl (C=O) groups excluding carboxylic acids is 8. The van der Waals surface area contributed by atoms with Crippen molar-refractivity contribution in [1.29, 1.82) is 0 Å². The summed E-state index contributed by atoms with van der Waals surface area (Å²) in [7, 11) is 0. The van der Waals surface area contributed by atoms with Crippen molar-refractivity contribution in [2.75, 3.05) is 32.7 Å². The van der Waals surface area contributed by atoms with Gasteiger partial charge in [0.1, 0.15) is 24.2 Å². The number of primary amides is 1. The van der Waals surface area contributed by atoms with Crippen molar-refractivity contribution in [3.05, 3.63) is 0 Å². The predicted molar refractivity (Wildman–Crippen MR) is 149 cm³/mol. The number of hydrogen-bond acceptors (Lipinski definition) is 9. The van der Waals surface area contributed by atoms with Crippen molar-refractivity contribution in [2.24, 2.45) is 11.5 Å². The highest BCUT2D eigenvalue weighted by Gasteiger charge is 2.34. The molecule has 42 heavy (non-hydrogen) atoms. The number of unbranched alkanes of at least 4 members (excludes halogenated alkanes) is 1. The van der Waals surface area contributed by atoms with Crippen molar-refractivity contribution in [3.8, 4) is 0 Å². The van der Waals surface area contributed by atoms with Gasteiger partial charge in [-0.05, 0) is 33.1 Å². The van der Waals surface area contributed by atoms with E-state index in [1.807, 2.05) is 6.92 Å². The van der Waals surface area contributed by atoms with E-state index in [2.05, 4.69) is 31.9 Å². The largest absolute Gasteiger partial charge is 0.368 e. The molecule has 17 heteroatoms. The molecular weight excluding hydrogens is 554 g/mol. The summed E-state index contributed by atoms with van der Waals surface area (Å²) in [5.41, 5.74) is 10.3. The van der Waals surface area contributed by atoms with E-state index in [4.69, 9.17) is 11.5 Å². The standard InChI is InChI=1S/C25H43N9O8/c1-4-5-7-16(24(41)28-11-19(36)31-14(2)22(27)39)33-20(37)12-29-25(42)17-8-6-9-34(17)21(38)13-30-23(40)15(3)32-18(35)10-26/h14-17H,4-13,26H2,1-3H3,(H2,27,39)(H,28,41)(H,29,42)(H,30,40)(H,31,36)(H,32,35)(H,33,37)/t14-,15+,16-,17-/m0/s1. The molecule has 8 amide bonds. The number of hydrogen-bond donors (Lipinski definition) is 8. The number of rotatable bonds is 17. The Morgan fingerprint density at radius 2 is 1.40 bits per heavy atom. The number of likely N-dealkylation sites (tertiary alicyclic amines) is 1. The van der Waals surface area contributed by atoms with Crippen LogP contribution in [-0.4, -0.2) is 109 Å². The molecule has 0 aromatic rings. The minimum Gasteiger partial charge on any atom is -0.368 e. The summed E-state index contributed by atoms with van der Waals surface area (Å²) in [4.78, 5) is 98.4. The fraction of sp³-hybridized carbons (Fsp3) is 0.680. The number of nitrogens with zero attached hydrogens (tertiary/aromatic N) is 1. The summed E-state index contributed by atoms with van der Waals surface area (Å²) >= 11 is 0. The molecule has 0 saturated carbocycles. The lowest BCUT2D eigenvalue weighted by Gasteiger charge is -2.24. The van der Waals surface area contributed by atoms with Gasteiger partial charge in [-0.2, -0.15) is 0 Å². The van der Waals surface area contributed by atoms with E-state index in [-0.39, 0.29) is 26.1 Å². The predicted octanol–water partition coefficient (Wildman–Crippen LogP) is -4.55. The SMILES string of the molecule is CCCC[C@H](NC(=O)CNC(=O)[C@@H]1CCCN1C(=O)CNC(=O)[C@@H](C)NC(=O)CN)C(=O)NCC(=O)N[C@@H](C)C(N)=O. The minimum absolute atomic E-state index is 0.281. The van der Waals surface area contributed by atoms with E-state index < -0.39 is 84.5 Å². The molecule has 10 N–H and O–H groups in total. The molecule has 1 saturated heterocycles. The van der Waals surface area contributed by atoms with Gasteiger partial charge in [0.05, 0.1) is 26.2 Å². The second kappa shape index (κ2) is 18.2. The molecule has 0 radical (unpaired) electrons. The van der Waals surface area contributed by atoms with Gasteiger partial charge in [0.15, 0.2) is 0 Å². The van der Waals surface area contributed by atoms with Crippen LogP contribution in [0, 0.1) is 0 Å². The Labute approximate surface area is 244 Å². The maximum atomic E-state index is 12.8. The zero-order valence-electron chi connectivity index (χ0n) is 24.2. The van der Waals surface area contributed by atoms with Crippen LogP contribution in [0.15, 0.2) is 0 Å². The summed E-state index contributed by atoms with van der Waals surface area (Å²) < 4.78 is 0. The Morgan fingerprint density at radius 1 is 0.810 bits per heavy atom. The van der Waals surface area contributed by atoms with Crippen molar-refractivity contribution in [3.63, 3.8) is 0 Å². The highest BCUT2D eigenvalue weighted by molar-refractivity contribution is 5.95. The quantitative estimate of drug-likeness (QED) is 0.0801.